The van der Waals surface area contributed by atoms with Gasteiger partial charge in [0, 0.05) is 5.71 Å². The molecule has 6 nitrogen and oxygen atoms in total. The van der Waals surface area contributed by atoms with Crippen molar-refractivity contribution in [3.05, 3.63) is 0 Å². The number of hydrazone groups is 1. The van der Waals surface area contributed by atoms with Crippen molar-refractivity contribution in [3.63, 3.8) is 0 Å². The highest BCUT2D eigenvalue weighted by Crippen LogP contribution is 1.80. The van der Waals surface area contributed by atoms with Gasteiger partial charge in [0.1, 0.15) is 5.84 Å². The Morgan fingerprint density at radius 3 is 2.58 bits per heavy atom. The van der Waals surface area contributed by atoms with Gasteiger partial charge in [-0.1, -0.05) is 5.16 Å². The third-order valence-corrected chi connectivity index (χ3v) is 0.874. The largest absolute Gasteiger partial charge is 0.409 e. The Bertz CT molecular complexity index is 218. The van der Waals surface area contributed by atoms with Gasteiger partial charge in [-0.25, -0.2) is 5.43 Å². The molecule has 0 atom stereocenters. The minimum atomic E-state index is -0.411. The summed E-state index contributed by atoms with van der Waals surface area (Å²) in [6.45, 7) is 3.48. The van der Waals surface area contributed by atoms with Crippen LogP contribution < -0.4 is 11.2 Å². The number of carbonyl (C=O) groups is 1. The molecule has 12 heavy (non-hydrogen) atoms. The van der Waals surface area contributed by atoms with Crippen molar-refractivity contribution in [1.29, 1.82) is 0 Å². The second-order valence-corrected chi connectivity index (χ2v) is 2.36. The smallest absolute Gasteiger partial charge is 0.247 e. The highest BCUT2D eigenvalue weighted by Gasteiger charge is 2.02. The molecule has 0 aromatic heterocycles. The van der Waals surface area contributed by atoms with Crippen LogP contribution in [0.2, 0.25) is 0 Å². The zero-order valence-electron chi connectivity index (χ0n) is 7.03. The molecule has 6 heteroatoms. The van der Waals surface area contributed by atoms with Crippen molar-refractivity contribution in [1.82, 2.24) is 5.43 Å². The van der Waals surface area contributed by atoms with Gasteiger partial charge in [0.05, 0.1) is 6.42 Å². The van der Waals surface area contributed by atoms with Crippen LogP contribution in [0.15, 0.2) is 10.3 Å². The summed E-state index contributed by atoms with van der Waals surface area (Å²) in [6.07, 6.45) is -0.159. The van der Waals surface area contributed by atoms with Crippen molar-refractivity contribution in [3.8, 4) is 0 Å². The van der Waals surface area contributed by atoms with Crippen molar-refractivity contribution >= 4 is 17.5 Å². The molecule has 0 fully saturated rings. The van der Waals surface area contributed by atoms with Gasteiger partial charge >= 0.3 is 0 Å². The van der Waals surface area contributed by atoms with E-state index < -0.39 is 5.91 Å². The number of nitrogens with zero attached hydrogens (tertiary/aromatic N) is 2. The van der Waals surface area contributed by atoms with E-state index in [-0.39, 0.29) is 12.3 Å². The summed E-state index contributed by atoms with van der Waals surface area (Å²) in [5, 5.41) is 14.4. The van der Waals surface area contributed by atoms with Gasteiger partial charge in [-0.15, -0.1) is 0 Å². The first-order chi connectivity index (χ1) is 5.56. The predicted octanol–water partition coefficient (Wildman–Crippen LogP) is -0.365. The Balaban J connectivity index is 3.84. The van der Waals surface area contributed by atoms with E-state index in [9.17, 15) is 4.79 Å². The highest BCUT2D eigenvalue weighted by molar-refractivity contribution is 5.98. The van der Waals surface area contributed by atoms with Crippen LogP contribution in [0.1, 0.15) is 20.3 Å². The average Bonchev–Trinajstić information content (AvgIpc) is 2.00. The van der Waals surface area contributed by atoms with Crippen LogP contribution in [0.4, 0.5) is 0 Å². The van der Waals surface area contributed by atoms with Gasteiger partial charge in [-0.05, 0) is 13.8 Å². The van der Waals surface area contributed by atoms with Gasteiger partial charge in [0.2, 0.25) is 5.91 Å². The standard InChI is InChI=1S/C6H12N4O2/c1-4(2)8-9-6(11)3-5(7)10-12/h12H,3H2,1-2H3,(H2,7,10)(H,9,11). The number of nitrogens with two attached hydrogens (primary N) is 1. The van der Waals surface area contributed by atoms with Gasteiger partial charge in [0.25, 0.3) is 0 Å². The molecule has 0 aliphatic carbocycles. The molecule has 0 bridgehead atoms. The molecule has 0 aliphatic rings. The van der Waals surface area contributed by atoms with E-state index in [4.69, 9.17) is 10.9 Å². The van der Waals surface area contributed by atoms with E-state index in [1.54, 1.807) is 13.8 Å². The fourth-order valence-corrected chi connectivity index (χ4v) is 0.414. The highest BCUT2D eigenvalue weighted by atomic mass is 16.4. The predicted molar refractivity (Wildman–Crippen MR) is 45.0 cm³/mol. The second-order valence-electron chi connectivity index (χ2n) is 2.36. The number of amidine groups is 1. The van der Waals surface area contributed by atoms with E-state index >= 15 is 0 Å². The molecule has 1 amide bonds. The maximum absolute atomic E-state index is 10.8. The van der Waals surface area contributed by atoms with E-state index in [2.05, 4.69) is 15.7 Å². The molecule has 0 aliphatic heterocycles. The molecule has 0 unspecified atom stereocenters. The first-order valence-corrected chi connectivity index (χ1v) is 3.32. The zero-order chi connectivity index (χ0) is 9.56. The molecule has 0 aromatic carbocycles. The van der Waals surface area contributed by atoms with Crippen LogP contribution in [0, 0.1) is 0 Å². The Morgan fingerprint density at radius 1 is 1.58 bits per heavy atom. The third-order valence-electron chi connectivity index (χ3n) is 0.874. The van der Waals surface area contributed by atoms with Crippen molar-refractivity contribution in [2.45, 2.75) is 20.3 Å². The summed E-state index contributed by atoms with van der Waals surface area (Å²) in [5.41, 5.74) is 8.02. The van der Waals surface area contributed by atoms with E-state index in [1.165, 1.54) is 0 Å². The summed E-state index contributed by atoms with van der Waals surface area (Å²) < 4.78 is 0. The lowest BCUT2D eigenvalue weighted by Gasteiger charge is -1.97. The van der Waals surface area contributed by atoms with Gasteiger partial charge in [-0.2, -0.15) is 5.10 Å². The van der Waals surface area contributed by atoms with Gasteiger partial charge in [-0.3, -0.25) is 4.79 Å². The minimum absolute atomic E-state index is 0.142. The molecular formula is C6H12N4O2. The maximum atomic E-state index is 10.8. The Kier molecular flexibility index (Phi) is 4.43. The van der Waals surface area contributed by atoms with Crippen LogP contribution in [-0.4, -0.2) is 22.7 Å². The SMILES string of the molecule is CC(C)=NNC(=O)C/C(N)=N/O. The third kappa shape index (κ3) is 5.21. The van der Waals surface area contributed by atoms with Crippen LogP contribution in [0.3, 0.4) is 0 Å². The summed E-state index contributed by atoms with van der Waals surface area (Å²) in [4.78, 5) is 10.8. The number of oxime groups is 1. The zero-order valence-corrected chi connectivity index (χ0v) is 7.03. The molecule has 68 valence electrons. The van der Waals surface area contributed by atoms with Crippen molar-refractivity contribution in [2.24, 2.45) is 16.0 Å². The number of rotatable bonds is 3. The molecule has 0 aromatic rings. The number of nitrogens with one attached hydrogen (secondary N) is 1. The molecule has 0 saturated carbocycles. The lowest BCUT2D eigenvalue weighted by molar-refractivity contribution is -0.119. The Morgan fingerprint density at radius 2 is 2.17 bits per heavy atom. The normalized spacial score (nSPS) is 10.7. The number of amides is 1. The first kappa shape index (κ1) is 10.4. The second kappa shape index (κ2) is 5.11. The van der Waals surface area contributed by atoms with Crippen LogP contribution >= 0.6 is 0 Å². The maximum Gasteiger partial charge on any atom is 0.247 e. The fourth-order valence-electron chi connectivity index (χ4n) is 0.414. The van der Waals surface area contributed by atoms with E-state index in [0.717, 1.165) is 5.71 Å². The Labute approximate surface area is 70.1 Å². The van der Waals surface area contributed by atoms with Crippen LogP contribution in [-0.2, 0) is 4.79 Å². The van der Waals surface area contributed by atoms with Crippen LogP contribution in [0.25, 0.3) is 0 Å². The molecule has 0 radical (unpaired) electrons. The molecule has 0 rings (SSSR count). The lowest BCUT2D eigenvalue weighted by Crippen LogP contribution is -2.25. The minimum Gasteiger partial charge on any atom is -0.409 e. The van der Waals surface area contributed by atoms with Crippen molar-refractivity contribution in [2.75, 3.05) is 0 Å². The van der Waals surface area contributed by atoms with Gasteiger partial charge in [0.15, 0.2) is 0 Å². The quantitative estimate of drug-likeness (QED) is 0.234. The molecular weight excluding hydrogens is 160 g/mol. The van der Waals surface area contributed by atoms with Crippen molar-refractivity contribution < 1.29 is 10.0 Å². The summed E-state index contributed by atoms with van der Waals surface area (Å²) >= 11 is 0. The number of carbonyl (C=O) groups excluding carboxylic acids is 1. The van der Waals surface area contributed by atoms with Gasteiger partial charge < -0.3 is 10.9 Å². The van der Waals surface area contributed by atoms with E-state index in [0.29, 0.717) is 0 Å². The lowest BCUT2D eigenvalue weighted by atomic mass is 10.4. The molecule has 0 saturated heterocycles. The molecule has 0 spiro atoms. The topological polar surface area (TPSA) is 100 Å². The monoisotopic (exact) mass is 172 g/mol. The Hall–Kier alpha value is -1.59. The first-order valence-electron chi connectivity index (χ1n) is 3.32. The summed E-state index contributed by atoms with van der Waals surface area (Å²) in [7, 11) is 0. The number of hydrogen-bond donors (Lipinski definition) is 3. The fraction of sp³-hybridized carbons (Fsp3) is 0.500. The summed E-state index contributed by atoms with van der Waals surface area (Å²) in [5.74, 6) is -0.553. The average molecular weight is 172 g/mol. The van der Waals surface area contributed by atoms with E-state index in [1.807, 2.05) is 0 Å². The molecule has 0 heterocycles. The van der Waals surface area contributed by atoms with Crippen LogP contribution in [0.5, 0.6) is 0 Å². The number of hydrogen-bond acceptors (Lipinski definition) is 4. The summed E-state index contributed by atoms with van der Waals surface area (Å²) in [6, 6.07) is 0. The molecule has 4 N–H and O–H groups in total.